The van der Waals surface area contributed by atoms with Crippen molar-refractivity contribution in [1.82, 2.24) is 14.8 Å². The Bertz CT molecular complexity index is 320. The molecule has 0 radical (unpaired) electrons. The van der Waals surface area contributed by atoms with Crippen molar-refractivity contribution in [3.8, 4) is 0 Å². The van der Waals surface area contributed by atoms with Gasteiger partial charge in [-0.25, -0.2) is 0 Å². The number of nitrogens with zero attached hydrogens (tertiary/aromatic N) is 3. The van der Waals surface area contributed by atoms with Crippen LogP contribution in [0.1, 0.15) is 58.8 Å². The van der Waals surface area contributed by atoms with Gasteiger partial charge in [-0.15, -0.1) is 10.2 Å². The second-order valence-electron chi connectivity index (χ2n) is 4.83. The molecule has 0 aromatic carbocycles. The van der Waals surface area contributed by atoms with Crippen molar-refractivity contribution in [2.45, 2.75) is 59.4 Å². The SMILES string of the molecule is CCCc1nnc(Cl)n1C(C)CCC(C)C. The smallest absolute Gasteiger partial charge is 0.225 e. The predicted molar refractivity (Wildman–Crippen MR) is 67.8 cm³/mol. The average molecular weight is 244 g/mol. The minimum absolute atomic E-state index is 0.395. The molecule has 4 heteroatoms. The molecule has 0 fully saturated rings. The topological polar surface area (TPSA) is 30.7 Å². The largest absolute Gasteiger partial charge is 0.299 e. The normalized spacial score (nSPS) is 13.4. The summed E-state index contributed by atoms with van der Waals surface area (Å²) in [5, 5.41) is 8.62. The second-order valence-corrected chi connectivity index (χ2v) is 5.16. The summed E-state index contributed by atoms with van der Waals surface area (Å²) in [7, 11) is 0. The maximum absolute atomic E-state index is 6.08. The fourth-order valence-electron chi connectivity index (χ4n) is 1.84. The molecule has 0 N–H and O–H groups in total. The number of aryl methyl sites for hydroxylation is 1. The van der Waals surface area contributed by atoms with E-state index < -0.39 is 0 Å². The summed E-state index contributed by atoms with van der Waals surface area (Å²) in [5.41, 5.74) is 0. The fraction of sp³-hybridized carbons (Fsp3) is 0.833. The van der Waals surface area contributed by atoms with Crippen LogP contribution in [0, 0.1) is 5.92 Å². The minimum Gasteiger partial charge on any atom is -0.299 e. The number of rotatable bonds is 6. The first kappa shape index (κ1) is 13.5. The molecule has 1 unspecified atom stereocenters. The summed E-state index contributed by atoms with van der Waals surface area (Å²) in [5.74, 6) is 1.75. The minimum atomic E-state index is 0.395. The van der Waals surface area contributed by atoms with Gasteiger partial charge in [-0.2, -0.15) is 0 Å². The molecule has 1 rings (SSSR count). The van der Waals surface area contributed by atoms with Crippen LogP contribution in [-0.2, 0) is 6.42 Å². The van der Waals surface area contributed by atoms with Crippen molar-refractivity contribution in [3.63, 3.8) is 0 Å². The second kappa shape index (κ2) is 6.24. The van der Waals surface area contributed by atoms with E-state index in [9.17, 15) is 0 Å². The van der Waals surface area contributed by atoms with E-state index >= 15 is 0 Å². The first-order chi connectivity index (χ1) is 7.56. The summed E-state index contributed by atoms with van der Waals surface area (Å²) < 4.78 is 2.08. The van der Waals surface area contributed by atoms with Crippen LogP contribution < -0.4 is 0 Å². The monoisotopic (exact) mass is 243 g/mol. The Hall–Kier alpha value is -0.570. The average Bonchev–Trinajstić information content (AvgIpc) is 2.57. The van der Waals surface area contributed by atoms with Crippen molar-refractivity contribution in [2.75, 3.05) is 0 Å². The van der Waals surface area contributed by atoms with Gasteiger partial charge in [-0.05, 0) is 43.7 Å². The van der Waals surface area contributed by atoms with E-state index in [1.165, 1.54) is 6.42 Å². The first-order valence-electron chi connectivity index (χ1n) is 6.15. The van der Waals surface area contributed by atoms with Crippen LogP contribution in [0.5, 0.6) is 0 Å². The fourth-order valence-corrected chi connectivity index (χ4v) is 2.14. The van der Waals surface area contributed by atoms with Gasteiger partial charge in [-0.1, -0.05) is 20.8 Å². The first-order valence-corrected chi connectivity index (χ1v) is 6.53. The van der Waals surface area contributed by atoms with Gasteiger partial charge < -0.3 is 0 Å². The Morgan fingerprint density at radius 2 is 1.88 bits per heavy atom. The third-order valence-electron chi connectivity index (χ3n) is 2.80. The lowest BCUT2D eigenvalue weighted by Crippen LogP contribution is -2.10. The molecule has 0 spiro atoms. The van der Waals surface area contributed by atoms with Gasteiger partial charge >= 0.3 is 0 Å². The van der Waals surface area contributed by atoms with Gasteiger partial charge in [0.05, 0.1) is 0 Å². The van der Waals surface area contributed by atoms with Crippen molar-refractivity contribution >= 4 is 11.6 Å². The molecule has 1 aromatic rings. The molecular formula is C12H22ClN3. The van der Waals surface area contributed by atoms with Crippen molar-refractivity contribution < 1.29 is 0 Å². The Kier molecular flexibility index (Phi) is 5.26. The van der Waals surface area contributed by atoms with Crippen molar-refractivity contribution in [1.29, 1.82) is 0 Å². The molecule has 0 amide bonds. The molecule has 16 heavy (non-hydrogen) atoms. The number of halogens is 1. The van der Waals surface area contributed by atoms with E-state index in [0.29, 0.717) is 11.3 Å². The quantitative estimate of drug-likeness (QED) is 0.759. The van der Waals surface area contributed by atoms with Gasteiger partial charge in [0.2, 0.25) is 5.28 Å². The molecule has 3 nitrogen and oxygen atoms in total. The molecule has 0 aliphatic carbocycles. The summed E-state index contributed by atoms with van der Waals surface area (Å²) in [6.07, 6.45) is 4.37. The summed E-state index contributed by atoms with van der Waals surface area (Å²) in [6, 6.07) is 0.395. The number of hydrogen-bond donors (Lipinski definition) is 0. The Balaban J connectivity index is 2.72. The molecule has 0 aliphatic rings. The lowest BCUT2D eigenvalue weighted by Gasteiger charge is -2.17. The van der Waals surface area contributed by atoms with Crippen LogP contribution in [-0.4, -0.2) is 14.8 Å². The van der Waals surface area contributed by atoms with Gasteiger partial charge in [0.1, 0.15) is 5.82 Å². The van der Waals surface area contributed by atoms with Crippen LogP contribution in [0.3, 0.4) is 0 Å². The van der Waals surface area contributed by atoms with Crippen LogP contribution >= 0.6 is 11.6 Å². The third kappa shape index (κ3) is 3.48. The molecule has 0 saturated carbocycles. The van der Waals surface area contributed by atoms with E-state index in [1.54, 1.807) is 0 Å². The van der Waals surface area contributed by atoms with Gasteiger partial charge in [0.15, 0.2) is 0 Å². The molecule has 92 valence electrons. The summed E-state index contributed by atoms with van der Waals surface area (Å²) in [6.45, 7) is 8.82. The van der Waals surface area contributed by atoms with Crippen molar-refractivity contribution in [3.05, 3.63) is 11.1 Å². The van der Waals surface area contributed by atoms with Crippen LogP contribution in [0.15, 0.2) is 0 Å². The van der Waals surface area contributed by atoms with Crippen LogP contribution in [0.4, 0.5) is 0 Å². The highest BCUT2D eigenvalue weighted by atomic mass is 35.5. The zero-order valence-corrected chi connectivity index (χ0v) is 11.5. The highest BCUT2D eigenvalue weighted by Crippen LogP contribution is 2.22. The highest BCUT2D eigenvalue weighted by Gasteiger charge is 2.15. The van der Waals surface area contributed by atoms with Gasteiger partial charge in [0, 0.05) is 12.5 Å². The molecule has 0 saturated heterocycles. The zero-order chi connectivity index (χ0) is 12.1. The summed E-state index contributed by atoms with van der Waals surface area (Å²) in [4.78, 5) is 0. The van der Waals surface area contributed by atoms with Crippen LogP contribution in [0.2, 0.25) is 5.28 Å². The maximum atomic E-state index is 6.08. The number of hydrogen-bond acceptors (Lipinski definition) is 2. The molecule has 0 bridgehead atoms. The zero-order valence-electron chi connectivity index (χ0n) is 10.7. The molecule has 1 heterocycles. The van der Waals surface area contributed by atoms with Gasteiger partial charge in [0.25, 0.3) is 0 Å². The van der Waals surface area contributed by atoms with E-state index in [4.69, 9.17) is 11.6 Å². The predicted octanol–water partition coefficient (Wildman–Crippen LogP) is 3.88. The molecule has 1 atom stereocenters. The molecular weight excluding hydrogens is 222 g/mol. The lowest BCUT2D eigenvalue weighted by atomic mass is 10.0. The Morgan fingerprint density at radius 1 is 1.19 bits per heavy atom. The maximum Gasteiger partial charge on any atom is 0.225 e. The third-order valence-corrected chi connectivity index (χ3v) is 3.06. The molecule has 1 aromatic heterocycles. The highest BCUT2D eigenvalue weighted by molar-refractivity contribution is 6.28. The standard InChI is InChI=1S/C12H22ClN3/c1-5-6-11-14-15-12(13)16(11)10(4)8-7-9(2)3/h9-10H,5-8H2,1-4H3. The van der Waals surface area contributed by atoms with Crippen LogP contribution in [0.25, 0.3) is 0 Å². The molecule has 0 aliphatic heterocycles. The Morgan fingerprint density at radius 3 is 2.44 bits per heavy atom. The summed E-state index contributed by atoms with van der Waals surface area (Å²) >= 11 is 6.08. The Labute approximate surface area is 103 Å². The van der Waals surface area contributed by atoms with E-state index in [2.05, 4.69) is 42.5 Å². The van der Waals surface area contributed by atoms with Gasteiger partial charge in [-0.3, -0.25) is 4.57 Å². The van der Waals surface area contributed by atoms with E-state index in [0.717, 1.165) is 31.0 Å². The van der Waals surface area contributed by atoms with E-state index in [1.807, 2.05) is 0 Å². The van der Waals surface area contributed by atoms with E-state index in [-0.39, 0.29) is 0 Å². The lowest BCUT2D eigenvalue weighted by molar-refractivity contribution is 0.429. The number of aromatic nitrogens is 3. The van der Waals surface area contributed by atoms with Crippen molar-refractivity contribution in [2.24, 2.45) is 5.92 Å².